The summed E-state index contributed by atoms with van der Waals surface area (Å²) < 4.78 is 1.18. The monoisotopic (exact) mass is 313 g/mol. The number of aromatic nitrogens is 1. The molecule has 3 rings (SSSR count). The third kappa shape index (κ3) is 2.85. The van der Waals surface area contributed by atoms with Crippen LogP contribution in [0.2, 0.25) is 5.02 Å². The molecule has 21 heavy (non-hydrogen) atoms. The number of halogens is 1. The maximum absolute atomic E-state index is 9.02. The van der Waals surface area contributed by atoms with E-state index in [9.17, 15) is 0 Å². The van der Waals surface area contributed by atoms with Crippen LogP contribution in [-0.4, -0.2) is 4.98 Å². The number of pyridine rings is 1. The molecule has 1 aromatic carbocycles. The molecule has 0 saturated carbocycles. The van der Waals surface area contributed by atoms with Crippen molar-refractivity contribution in [2.45, 2.75) is 13.0 Å². The molecule has 0 spiro atoms. The smallest absolute Gasteiger partial charge is 0.101 e. The van der Waals surface area contributed by atoms with Crippen LogP contribution in [0.15, 0.2) is 41.9 Å². The third-order valence-electron chi connectivity index (χ3n) is 3.29. The molecule has 0 aliphatic rings. The van der Waals surface area contributed by atoms with Gasteiger partial charge in [0.15, 0.2) is 0 Å². The van der Waals surface area contributed by atoms with E-state index in [1.807, 2.05) is 23.7 Å². The highest BCUT2D eigenvalue weighted by Gasteiger charge is 2.09. The molecule has 0 aliphatic heterocycles. The van der Waals surface area contributed by atoms with E-state index in [4.69, 9.17) is 16.9 Å². The van der Waals surface area contributed by atoms with Crippen molar-refractivity contribution >= 4 is 38.8 Å². The van der Waals surface area contributed by atoms with E-state index in [0.717, 1.165) is 16.8 Å². The predicted molar refractivity (Wildman–Crippen MR) is 87.8 cm³/mol. The van der Waals surface area contributed by atoms with Crippen LogP contribution in [0.3, 0.4) is 0 Å². The molecule has 0 radical (unpaired) electrons. The molecule has 0 bridgehead atoms. The lowest BCUT2D eigenvalue weighted by Gasteiger charge is -2.16. The minimum atomic E-state index is 0.0942. The number of nitrogens with zero attached hydrogens (tertiary/aromatic N) is 2. The van der Waals surface area contributed by atoms with Gasteiger partial charge in [0.1, 0.15) is 6.07 Å². The van der Waals surface area contributed by atoms with Crippen molar-refractivity contribution in [1.82, 2.24) is 4.98 Å². The van der Waals surface area contributed by atoms with E-state index in [1.54, 1.807) is 23.5 Å². The van der Waals surface area contributed by atoms with Gasteiger partial charge in [0.05, 0.1) is 26.8 Å². The SMILES string of the molecule is CC(Nc1ccc(Cl)c(C#N)c1)c1cnc2ccsc2c1. The predicted octanol–water partition coefficient (Wildman–Crippen LogP) is 4.99. The van der Waals surface area contributed by atoms with E-state index in [0.29, 0.717) is 10.6 Å². The Hall–Kier alpha value is -2.09. The average Bonchev–Trinajstić information content (AvgIpc) is 2.96. The Kier molecular flexibility index (Phi) is 3.78. The lowest BCUT2D eigenvalue weighted by molar-refractivity contribution is 0.880. The van der Waals surface area contributed by atoms with Gasteiger partial charge < -0.3 is 5.32 Å². The quantitative estimate of drug-likeness (QED) is 0.740. The zero-order valence-corrected chi connectivity index (χ0v) is 12.9. The number of nitriles is 1. The Morgan fingerprint density at radius 3 is 3.00 bits per heavy atom. The number of anilines is 1. The number of hydrogen-bond donors (Lipinski definition) is 1. The minimum Gasteiger partial charge on any atom is -0.378 e. The summed E-state index contributed by atoms with van der Waals surface area (Å²) in [5.74, 6) is 0. The van der Waals surface area contributed by atoms with E-state index >= 15 is 0 Å². The van der Waals surface area contributed by atoms with Gasteiger partial charge in [0.25, 0.3) is 0 Å². The molecule has 3 nitrogen and oxygen atoms in total. The summed E-state index contributed by atoms with van der Waals surface area (Å²) in [7, 11) is 0. The van der Waals surface area contributed by atoms with Crippen molar-refractivity contribution in [3.8, 4) is 6.07 Å². The number of nitrogens with one attached hydrogen (secondary N) is 1. The molecule has 1 N–H and O–H groups in total. The zero-order valence-electron chi connectivity index (χ0n) is 11.3. The standard InChI is InChI=1S/C16H12ClN3S/c1-10(12-7-16-15(19-9-12)4-5-21-16)20-13-2-3-14(17)11(6-13)8-18/h2-7,9-10,20H,1H3. The van der Waals surface area contributed by atoms with Gasteiger partial charge in [-0.05, 0) is 48.2 Å². The van der Waals surface area contributed by atoms with Gasteiger partial charge in [0, 0.05) is 11.9 Å². The van der Waals surface area contributed by atoms with Crippen molar-refractivity contribution in [3.05, 3.63) is 58.1 Å². The van der Waals surface area contributed by atoms with E-state index < -0.39 is 0 Å². The van der Waals surface area contributed by atoms with E-state index in [1.165, 1.54) is 4.70 Å². The van der Waals surface area contributed by atoms with Gasteiger partial charge in [-0.3, -0.25) is 4.98 Å². The van der Waals surface area contributed by atoms with Gasteiger partial charge in [-0.2, -0.15) is 5.26 Å². The fourth-order valence-electron chi connectivity index (χ4n) is 2.13. The second-order valence-electron chi connectivity index (χ2n) is 4.75. The largest absolute Gasteiger partial charge is 0.378 e. The first-order valence-corrected chi connectivity index (χ1v) is 7.72. The summed E-state index contributed by atoms with van der Waals surface area (Å²) in [5.41, 5.74) is 3.48. The van der Waals surface area contributed by atoms with Crippen molar-refractivity contribution in [3.63, 3.8) is 0 Å². The normalized spacial score (nSPS) is 12.0. The van der Waals surface area contributed by atoms with Gasteiger partial charge >= 0.3 is 0 Å². The molecule has 2 heterocycles. The van der Waals surface area contributed by atoms with Gasteiger partial charge in [0.2, 0.25) is 0 Å². The number of thiophene rings is 1. The Labute approximate surface area is 131 Å². The van der Waals surface area contributed by atoms with Crippen LogP contribution in [0.5, 0.6) is 0 Å². The number of benzene rings is 1. The van der Waals surface area contributed by atoms with Gasteiger partial charge in [-0.25, -0.2) is 0 Å². The number of fused-ring (bicyclic) bond motifs is 1. The lowest BCUT2D eigenvalue weighted by atomic mass is 10.1. The highest BCUT2D eigenvalue weighted by atomic mass is 35.5. The Bertz CT molecular complexity index is 835. The van der Waals surface area contributed by atoms with E-state index in [2.05, 4.69) is 29.4 Å². The van der Waals surface area contributed by atoms with Crippen molar-refractivity contribution in [2.75, 3.05) is 5.32 Å². The summed E-state index contributed by atoms with van der Waals surface area (Å²) in [6, 6.07) is 11.7. The highest BCUT2D eigenvalue weighted by Crippen LogP contribution is 2.26. The molecule has 0 aliphatic carbocycles. The Morgan fingerprint density at radius 1 is 1.33 bits per heavy atom. The summed E-state index contributed by atoms with van der Waals surface area (Å²) in [6.07, 6.45) is 1.88. The number of rotatable bonds is 3. The molecule has 104 valence electrons. The lowest BCUT2D eigenvalue weighted by Crippen LogP contribution is -2.07. The molecule has 0 amide bonds. The molecule has 0 fully saturated rings. The van der Waals surface area contributed by atoms with Crippen LogP contribution >= 0.6 is 22.9 Å². The maximum atomic E-state index is 9.02. The summed E-state index contributed by atoms with van der Waals surface area (Å²) >= 11 is 7.63. The molecule has 1 unspecified atom stereocenters. The molecule has 1 atom stereocenters. The van der Waals surface area contributed by atoms with Crippen LogP contribution in [0.4, 0.5) is 5.69 Å². The summed E-state index contributed by atoms with van der Waals surface area (Å²) in [6.45, 7) is 2.07. The van der Waals surface area contributed by atoms with Crippen LogP contribution in [0.25, 0.3) is 10.2 Å². The molecule has 2 aromatic heterocycles. The fourth-order valence-corrected chi connectivity index (χ4v) is 3.08. The van der Waals surface area contributed by atoms with Gasteiger partial charge in [-0.1, -0.05) is 11.6 Å². The topological polar surface area (TPSA) is 48.7 Å². The average molecular weight is 314 g/mol. The van der Waals surface area contributed by atoms with Crippen LogP contribution in [0, 0.1) is 11.3 Å². The van der Waals surface area contributed by atoms with Crippen LogP contribution < -0.4 is 5.32 Å². The Morgan fingerprint density at radius 2 is 2.19 bits per heavy atom. The van der Waals surface area contributed by atoms with Crippen LogP contribution in [-0.2, 0) is 0 Å². The zero-order chi connectivity index (χ0) is 14.8. The Balaban J connectivity index is 1.85. The molecular formula is C16H12ClN3S. The fraction of sp³-hybridized carbons (Fsp3) is 0.125. The second-order valence-corrected chi connectivity index (χ2v) is 6.10. The van der Waals surface area contributed by atoms with Gasteiger partial charge in [-0.15, -0.1) is 11.3 Å². The van der Waals surface area contributed by atoms with Crippen molar-refractivity contribution < 1.29 is 0 Å². The molecule has 5 heteroatoms. The first-order chi connectivity index (χ1) is 10.2. The minimum absolute atomic E-state index is 0.0942. The summed E-state index contributed by atoms with van der Waals surface area (Å²) in [4.78, 5) is 4.45. The molecule has 0 saturated heterocycles. The van der Waals surface area contributed by atoms with E-state index in [-0.39, 0.29) is 6.04 Å². The highest BCUT2D eigenvalue weighted by molar-refractivity contribution is 7.17. The van der Waals surface area contributed by atoms with Crippen molar-refractivity contribution in [1.29, 1.82) is 5.26 Å². The first kappa shape index (κ1) is 13.9. The summed E-state index contributed by atoms with van der Waals surface area (Å²) in [5, 5.41) is 14.9. The van der Waals surface area contributed by atoms with Crippen LogP contribution in [0.1, 0.15) is 24.1 Å². The first-order valence-electron chi connectivity index (χ1n) is 6.46. The third-order valence-corrected chi connectivity index (χ3v) is 4.48. The molecule has 3 aromatic rings. The number of hydrogen-bond acceptors (Lipinski definition) is 4. The second kappa shape index (κ2) is 5.72. The maximum Gasteiger partial charge on any atom is 0.101 e. The molecular weight excluding hydrogens is 302 g/mol. The van der Waals surface area contributed by atoms with Crippen molar-refractivity contribution in [2.24, 2.45) is 0 Å².